The van der Waals surface area contributed by atoms with Crippen molar-refractivity contribution in [3.05, 3.63) is 54.6 Å². The Morgan fingerprint density at radius 1 is 1.04 bits per heavy atom. The van der Waals surface area contributed by atoms with E-state index in [1.165, 1.54) is 0 Å². The molecule has 0 aromatic heterocycles. The van der Waals surface area contributed by atoms with E-state index in [2.05, 4.69) is 21.2 Å². The quantitative estimate of drug-likeness (QED) is 0.615. The fraction of sp³-hybridized carbons (Fsp3) is 0.333. The molecule has 3 aliphatic rings. The minimum Gasteiger partial charge on any atom is -0.461 e. The molecule has 26 heavy (non-hydrogen) atoms. The number of carbonyl (C=O) groups excluding carboxylic acids is 2. The summed E-state index contributed by atoms with van der Waals surface area (Å²) in [5.41, 5.74) is 2.81. The molecule has 0 radical (unpaired) electrons. The Kier molecular flexibility index (Phi) is 3.67. The van der Waals surface area contributed by atoms with Gasteiger partial charge in [0, 0.05) is 17.2 Å². The minimum absolute atomic E-state index is 0.0573. The monoisotopic (exact) mass is 411 g/mol. The summed E-state index contributed by atoms with van der Waals surface area (Å²) in [6.45, 7) is 0. The smallest absolute Gasteiger partial charge is 0.310 e. The van der Waals surface area contributed by atoms with E-state index in [0.717, 1.165) is 23.2 Å². The highest BCUT2D eigenvalue weighted by molar-refractivity contribution is 9.09. The molecule has 2 saturated carbocycles. The summed E-state index contributed by atoms with van der Waals surface area (Å²) in [6, 6.07) is 17.8. The van der Waals surface area contributed by atoms with Gasteiger partial charge in [-0.25, -0.2) is 0 Å². The Morgan fingerprint density at radius 2 is 1.77 bits per heavy atom. The van der Waals surface area contributed by atoms with Gasteiger partial charge in [0.25, 0.3) is 0 Å². The third-order valence-electron chi connectivity index (χ3n) is 6.10. The average molecular weight is 412 g/mol. The maximum atomic E-state index is 13.1. The van der Waals surface area contributed by atoms with Crippen molar-refractivity contribution in [3.63, 3.8) is 0 Å². The Bertz CT molecular complexity index is 884. The maximum absolute atomic E-state index is 13.1. The fourth-order valence-corrected chi connectivity index (χ4v) is 6.05. The summed E-state index contributed by atoms with van der Waals surface area (Å²) in [5, 5.41) is 3.09. The molecule has 5 rings (SSSR count). The number of hydrogen-bond acceptors (Lipinski definition) is 3. The van der Waals surface area contributed by atoms with Gasteiger partial charge in [-0.3, -0.25) is 9.59 Å². The van der Waals surface area contributed by atoms with Gasteiger partial charge in [-0.05, 0) is 24.0 Å². The van der Waals surface area contributed by atoms with Gasteiger partial charge >= 0.3 is 5.97 Å². The third-order valence-corrected chi connectivity index (χ3v) is 7.30. The van der Waals surface area contributed by atoms with Crippen molar-refractivity contribution in [1.29, 1.82) is 0 Å². The van der Waals surface area contributed by atoms with Crippen molar-refractivity contribution < 1.29 is 14.3 Å². The van der Waals surface area contributed by atoms with E-state index in [4.69, 9.17) is 4.74 Å². The van der Waals surface area contributed by atoms with Crippen LogP contribution in [0.15, 0.2) is 54.6 Å². The van der Waals surface area contributed by atoms with E-state index < -0.39 is 0 Å². The molecule has 1 N–H and O–H groups in total. The van der Waals surface area contributed by atoms with E-state index in [1.807, 2.05) is 54.6 Å². The normalized spacial score (nSPS) is 34.0. The Hall–Kier alpha value is -2.14. The second-order valence-corrected chi connectivity index (χ2v) is 8.42. The van der Waals surface area contributed by atoms with Crippen molar-refractivity contribution in [2.24, 2.45) is 23.7 Å². The summed E-state index contributed by atoms with van der Waals surface area (Å²) < 4.78 is 5.51. The van der Waals surface area contributed by atoms with Crippen molar-refractivity contribution in [3.8, 4) is 11.1 Å². The van der Waals surface area contributed by atoms with Gasteiger partial charge in [-0.15, -0.1) is 0 Å². The van der Waals surface area contributed by atoms with Crippen LogP contribution in [0.2, 0.25) is 0 Å². The van der Waals surface area contributed by atoms with Gasteiger partial charge in [0.1, 0.15) is 6.10 Å². The van der Waals surface area contributed by atoms with Crippen LogP contribution in [0.3, 0.4) is 0 Å². The van der Waals surface area contributed by atoms with E-state index in [-0.39, 0.29) is 46.5 Å². The third kappa shape index (κ3) is 2.26. The van der Waals surface area contributed by atoms with Crippen molar-refractivity contribution in [1.82, 2.24) is 0 Å². The van der Waals surface area contributed by atoms with Crippen LogP contribution in [-0.2, 0) is 14.3 Å². The molecule has 4 nitrogen and oxygen atoms in total. The molecule has 2 aromatic carbocycles. The lowest BCUT2D eigenvalue weighted by Crippen LogP contribution is -2.40. The SMILES string of the molecule is O=C(Nc1ccccc1-c1ccccc1)[C@@H]1[C@H]2C[C@H]3[C@H](OC(=O)[C@@H]31)[C@@H]2Br. The highest BCUT2D eigenvalue weighted by atomic mass is 79.9. The van der Waals surface area contributed by atoms with E-state index >= 15 is 0 Å². The number of carbonyl (C=O) groups is 2. The van der Waals surface area contributed by atoms with Gasteiger partial charge in [0.15, 0.2) is 0 Å². The number of para-hydroxylation sites is 1. The predicted octanol–water partition coefficient (Wildman–Crippen LogP) is 3.86. The number of alkyl halides is 1. The molecule has 1 amide bonds. The maximum Gasteiger partial charge on any atom is 0.310 e. The van der Waals surface area contributed by atoms with Gasteiger partial charge in [-0.2, -0.15) is 0 Å². The molecular formula is C21H18BrNO3. The first-order chi connectivity index (χ1) is 12.6. The number of esters is 1. The number of anilines is 1. The molecular weight excluding hydrogens is 394 g/mol. The molecule has 2 aromatic rings. The molecule has 0 unspecified atom stereocenters. The van der Waals surface area contributed by atoms with Gasteiger partial charge in [-0.1, -0.05) is 64.5 Å². The van der Waals surface area contributed by atoms with Crippen LogP contribution >= 0.6 is 15.9 Å². The molecule has 1 aliphatic heterocycles. The summed E-state index contributed by atoms with van der Waals surface area (Å²) in [6.07, 6.45) is 0.827. The average Bonchev–Trinajstić information content (AvgIpc) is 3.27. The molecule has 132 valence electrons. The zero-order chi connectivity index (χ0) is 17.8. The highest BCUT2D eigenvalue weighted by Crippen LogP contribution is 2.60. The lowest BCUT2D eigenvalue weighted by Gasteiger charge is -2.27. The minimum atomic E-state index is -0.320. The molecule has 5 heteroatoms. The van der Waals surface area contributed by atoms with Crippen LogP contribution in [0.25, 0.3) is 11.1 Å². The Morgan fingerprint density at radius 3 is 2.58 bits per heavy atom. The summed E-state index contributed by atoms with van der Waals surface area (Å²) >= 11 is 3.66. The number of rotatable bonds is 3. The Balaban J connectivity index is 1.45. The Labute approximate surface area is 160 Å². The predicted molar refractivity (Wildman–Crippen MR) is 102 cm³/mol. The van der Waals surface area contributed by atoms with Crippen molar-refractivity contribution >= 4 is 33.5 Å². The molecule has 0 spiro atoms. The standard InChI is InChI=1S/C21H18BrNO3/c22-18-13-10-14-17(21(25)26-19(14)18)16(13)20(24)23-15-9-5-4-8-12(15)11-6-2-1-3-7-11/h1-9,13-14,16-19H,10H2,(H,23,24)/t13-,14-,16-,17+,18-,19+/m1/s1. The van der Waals surface area contributed by atoms with Crippen LogP contribution in [0.1, 0.15) is 6.42 Å². The second kappa shape index (κ2) is 5.95. The van der Waals surface area contributed by atoms with Crippen LogP contribution in [-0.4, -0.2) is 22.8 Å². The number of nitrogens with one attached hydrogen (secondary N) is 1. The summed E-state index contributed by atoms with van der Waals surface area (Å²) in [7, 11) is 0. The van der Waals surface area contributed by atoms with Crippen LogP contribution in [0, 0.1) is 23.7 Å². The highest BCUT2D eigenvalue weighted by Gasteiger charge is 2.67. The molecule has 1 saturated heterocycles. The number of benzene rings is 2. The molecule has 3 fully saturated rings. The number of amides is 1. The largest absolute Gasteiger partial charge is 0.461 e. The first-order valence-electron chi connectivity index (χ1n) is 8.95. The van der Waals surface area contributed by atoms with Crippen LogP contribution < -0.4 is 5.32 Å². The van der Waals surface area contributed by atoms with Crippen LogP contribution in [0.4, 0.5) is 5.69 Å². The van der Waals surface area contributed by atoms with E-state index in [1.54, 1.807) is 0 Å². The molecule has 2 aliphatic carbocycles. The van der Waals surface area contributed by atoms with Gasteiger partial charge < -0.3 is 10.1 Å². The van der Waals surface area contributed by atoms with E-state index in [0.29, 0.717) is 0 Å². The lowest BCUT2D eigenvalue weighted by molar-refractivity contribution is -0.145. The first kappa shape index (κ1) is 16.1. The topological polar surface area (TPSA) is 55.4 Å². The zero-order valence-corrected chi connectivity index (χ0v) is 15.6. The molecule has 1 heterocycles. The van der Waals surface area contributed by atoms with Gasteiger partial charge in [0.05, 0.1) is 16.7 Å². The molecule has 6 atom stereocenters. The van der Waals surface area contributed by atoms with E-state index in [9.17, 15) is 9.59 Å². The first-order valence-corrected chi connectivity index (χ1v) is 9.86. The van der Waals surface area contributed by atoms with Gasteiger partial charge in [0.2, 0.25) is 5.91 Å². The lowest BCUT2D eigenvalue weighted by atomic mass is 9.79. The number of ether oxygens (including phenoxy) is 1. The number of fused-ring (bicyclic) bond motifs is 1. The number of halogens is 1. The number of hydrogen-bond donors (Lipinski definition) is 1. The fourth-order valence-electron chi connectivity index (χ4n) is 5.01. The van der Waals surface area contributed by atoms with Crippen molar-refractivity contribution in [2.45, 2.75) is 17.4 Å². The second-order valence-electron chi connectivity index (χ2n) is 7.36. The summed E-state index contributed by atoms with van der Waals surface area (Å²) in [4.78, 5) is 25.5. The molecule has 2 bridgehead atoms. The van der Waals surface area contributed by atoms with Crippen molar-refractivity contribution in [2.75, 3.05) is 5.32 Å². The zero-order valence-electron chi connectivity index (χ0n) is 14.0. The summed E-state index contributed by atoms with van der Waals surface area (Å²) in [5.74, 6) is -0.557. The van der Waals surface area contributed by atoms with Crippen LogP contribution in [0.5, 0.6) is 0 Å².